The maximum absolute atomic E-state index is 10.2. The molecular weight excluding hydrogens is 256 g/mol. The minimum Gasteiger partial charge on any atom is -0.508 e. The molecule has 0 unspecified atom stereocenters. The summed E-state index contributed by atoms with van der Waals surface area (Å²) in [7, 11) is 0. The van der Waals surface area contributed by atoms with Crippen molar-refractivity contribution in [3.8, 4) is 17.2 Å². The van der Waals surface area contributed by atoms with Crippen molar-refractivity contribution < 1.29 is 20.1 Å². The van der Waals surface area contributed by atoms with Crippen molar-refractivity contribution in [2.45, 2.75) is 25.6 Å². The Labute approximate surface area is 116 Å². The summed E-state index contributed by atoms with van der Waals surface area (Å²) in [6, 6.07) is 9.98. The minimum absolute atomic E-state index is 0.174. The highest BCUT2D eigenvalue weighted by Crippen LogP contribution is 2.40. The molecule has 0 aromatic heterocycles. The molecule has 0 saturated heterocycles. The molecule has 2 aromatic rings. The summed E-state index contributed by atoms with van der Waals surface area (Å²) >= 11 is 0. The second kappa shape index (κ2) is 4.72. The maximum Gasteiger partial charge on any atom is 0.150 e. The van der Waals surface area contributed by atoms with Crippen LogP contribution in [-0.4, -0.2) is 21.4 Å². The van der Waals surface area contributed by atoms with Gasteiger partial charge in [-0.3, -0.25) is 0 Å². The Morgan fingerprint density at radius 2 is 1.75 bits per heavy atom. The summed E-state index contributed by atoms with van der Waals surface area (Å²) < 4.78 is 5.89. The van der Waals surface area contributed by atoms with Gasteiger partial charge in [0.15, 0.2) is 0 Å². The summed E-state index contributed by atoms with van der Waals surface area (Å²) in [5, 5.41) is 29.3. The fourth-order valence-electron chi connectivity index (χ4n) is 2.55. The standard InChI is InChI=1S/C16H16O4/c1-9-13(18)7-4-11-8-14(19)16(20-15(9)11)10-2-5-12(17)6-3-10/h2-7,14,16-19H,8H2,1H3/t14-,16-/m1/s1. The van der Waals surface area contributed by atoms with Gasteiger partial charge in [-0.1, -0.05) is 18.2 Å². The summed E-state index contributed by atoms with van der Waals surface area (Å²) in [4.78, 5) is 0. The van der Waals surface area contributed by atoms with E-state index < -0.39 is 12.2 Å². The van der Waals surface area contributed by atoms with Crippen molar-refractivity contribution in [2.24, 2.45) is 0 Å². The monoisotopic (exact) mass is 272 g/mol. The number of aliphatic hydroxyl groups is 1. The number of phenolic OH excluding ortho intramolecular Hbond substituents is 2. The van der Waals surface area contributed by atoms with E-state index in [0.29, 0.717) is 17.7 Å². The Bertz CT molecular complexity index is 634. The van der Waals surface area contributed by atoms with Gasteiger partial charge in [-0.15, -0.1) is 0 Å². The molecule has 0 fully saturated rings. The Hall–Kier alpha value is -2.20. The number of aromatic hydroxyl groups is 2. The highest BCUT2D eigenvalue weighted by atomic mass is 16.5. The van der Waals surface area contributed by atoms with Crippen molar-refractivity contribution in [3.63, 3.8) is 0 Å². The van der Waals surface area contributed by atoms with Crippen LogP contribution in [0.3, 0.4) is 0 Å². The fourth-order valence-corrected chi connectivity index (χ4v) is 2.55. The maximum atomic E-state index is 10.2. The van der Waals surface area contributed by atoms with Gasteiger partial charge >= 0.3 is 0 Å². The minimum atomic E-state index is -0.656. The van der Waals surface area contributed by atoms with Crippen LogP contribution in [0.2, 0.25) is 0 Å². The third-order valence-electron chi connectivity index (χ3n) is 3.70. The van der Waals surface area contributed by atoms with E-state index in [1.54, 1.807) is 43.3 Å². The molecule has 0 saturated carbocycles. The lowest BCUT2D eigenvalue weighted by Crippen LogP contribution is -2.30. The van der Waals surface area contributed by atoms with Gasteiger partial charge in [0.25, 0.3) is 0 Å². The average molecular weight is 272 g/mol. The van der Waals surface area contributed by atoms with E-state index in [-0.39, 0.29) is 11.5 Å². The summed E-state index contributed by atoms with van der Waals surface area (Å²) in [6.07, 6.45) is -0.679. The van der Waals surface area contributed by atoms with E-state index in [9.17, 15) is 15.3 Å². The largest absolute Gasteiger partial charge is 0.508 e. The van der Waals surface area contributed by atoms with Gasteiger partial charge in [0, 0.05) is 12.0 Å². The van der Waals surface area contributed by atoms with Crippen LogP contribution in [-0.2, 0) is 6.42 Å². The molecule has 20 heavy (non-hydrogen) atoms. The molecule has 0 bridgehead atoms. The predicted molar refractivity (Wildman–Crippen MR) is 74.0 cm³/mol. The van der Waals surface area contributed by atoms with Gasteiger partial charge in [0.1, 0.15) is 23.4 Å². The number of aliphatic hydroxyl groups excluding tert-OH is 1. The second-order valence-corrected chi connectivity index (χ2v) is 5.10. The number of ether oxygens (including phenoxy) is 1. The van der Waals surface area contributed by atoms with Gasteiger partial charge in [0.2, 0.25) is 0 Å². The lowest BCUT2D eigenvalue weighted by molar-refractivity contribution is 0.0201. The van der Waals surface area contributed by atoms with E-state index in [1.807, 2.05) is 0 Å². The van der Waals surface area contributed by atoms with E-state index in [4.69, 9.17) is 4.74 Å². The van der Waals surface area contributed by atoms with Crippen molar-refractivity contribution in [3.05, 3.63) is 53.1 Å². The Morgan fingerprint density at radius 1 is 1.05 bits per heavy atom. The number of hydrogen-bond donors (Lipinski definition) is 3. The summed E-state index contributed by atoms with van der Waals surface area (Å²) in [5.74, 6) is 0.992. The van der Waals surface area contributed by atoms with E-state index >= 15 is 0 Å². The third kappa shape index (κ3) is 2.08. The van der Waals surface area contributed by atoms with Crippen molar-refractivity contribution in [1.29, 1.82) is 0 Å². The number of hydrogen-bond acceptors (Lipinski definition) is 4. The zero-order chi connectivity index (χ0) is 14.3. The first-order chi connectivity index (χ1) is 9.56. The van der Waals surface area contributed by atoms with E-state index in [0.717, 1.165) is 11.1 Å². The molecule has 1 heterocycles. The molecule has 2 atom stereocenters. The molecule has 1 aliphatic heterocycles. The van der Waals surface area contributed by atoms with E-state index in [1.165, 1.54) is 0 Å². The highest BCUT2D eigenvalue weighted by molar-refractivity contribution is 5.50. The van der Waals surface area contributed by atoms with Crippen LogP contribution in [0.25, 0.3) is 0 Å². The zero-order valence-electron chi connectivity index (χ0n) is 11.1. The van der Waals surface area contributed by atoms with Gasteiger partial charge in [-0.25, -0.2) is 0 Å². The molecule has 0 amide bonds. The van der Waals surface area contributed by atoms with Gasteiger partial charge in [0.05, 0.1) is 6.10 Å². The molecule has 0 spiro atoms. The molecular formula is C16H16O4. The highest BCUT2D eigenvalue weighted by Gasteiger charge is 2.31. The summed E-state index contributed by atoms with van der Waals surface area (Å²) in [5.41, 5.74) is 2.37. The molecule has 4 nitrogen and oxygen atoms in total. The van der Waals surface area contributed by atoms with Crippen LogP contribution in [0, 0.1) is 6.92 Å². The first-order valence-corrected chi connectivity index (χ1v) is 6.51. The Balaban J connectivity index is 1.99. The molecule has 2 aromatic carbocycles. The molecule has 4 heteroatoms. The number of phenols is 2. The lowest BCUT2D eigenvalue weighted by Gasteiger charge is -2.32. The second-order valence-electron chi connectivity index (χ2n) is 5.10. The normalized spacial score (nSPS) is 21.1. The fraction of sp³-hybridized carbons (Fsp3) is 0.250. The lowest BCUT2D eigenvalue weighted by atomic mass is 9.93. The smallest absolute Gasteiger partial charge is 0.150 e. The van der Waals surface area contributed by atoms with Crippen molar-refractivity contribution >= 4 is 0 Å². The molecule has 3 N–H and O–H groups in total. The summed E-state index contributed by atoms with van der Waals surface area (Å²) in [6.45, 7) is 1.79. The Morgan fingerprint density at radius 3 is 2.45 bits per heavy atom. The molecule has 104 valence electrons. The molecule has 3 rings (SSSR count). The van der Waals surface area contributed by atoms with Gasteiger partial charge in [-0.2, -0.15) is 0 Å². The quantitative estimate of drug-likeness (QED) is 0.745. The van der Waals surface area contributed by atoms with Crippen LogP contribution >= 0.6 is 0 Å². The van der Waals surface area contributed by atoms with E-state index in [2.05, 4.69) is 0 Å². The topological polar surface area (TPSA) is 69.9 Å². The molecule has 0 aliphatic carbocycles. The SMILES string of the molecule is Cc1c(O)ccc2c1O[C@H](c1ccc(O)cc1)[C@H](O)C2. The van der Waals surface area contributed by atoms with Crippen LogP contribution in [0.4, 0.5) is 0 Å². The molecule has 0 radical (unpaired) electrons. The van der Waals surface area contributed by atoms with Gasteiger partial charge in [-0.05, 0) is 36.2 Å². The van der Waals surface area contributed by atoms with Crippen LogP contribution in [0.15, 0.2) is 36.4 Å². The number of rotatable bonds is 1. The third-order valence-corrected chi connectivity index (χ3v) is 3.70. The Kier molecular flexibility index (Phi) is 3.03. The number of benzene rings is 2. The van der Waals surface area contributed by atoms with Gasteiger partial charge < -0.3 is 20.1 Å². The van der Waals surface area contributed by atoms with Crippen molar-refractivity contribution in [1.82, 2.24) is 0 Å². The van der Waals surface area contributed by atoms with Crippen LogP contribution in [0.1, 0.15) is 22.8 Å². The zero-order valence-corrected chi connectivity index (χ0v) is 11.1. The van der Waals surface area contributed by atoms with Crippen LogP contribution in [0.5, 0.6) is 17.2 Å². The average Bonchev–Trinajstić information content (AvgIpc) is 2.44. The molecule has 1 aliphatic rings. The van der Waals surface area contributed by atoms with Crippen molar-refractivity contribution in [2.75, 3.05) is 0 Å². The number of fused-ring (bicyclic) bond motifs is 1. The predicted octanol–water partition coefficient (Wildman–Crippen LogP) is 2.44. The first-order valence-electron chi connectivity index (χ1n) is 6.51. The van der Waals surface area contributed by atoms with Crippen LogP contribution < -0.4 is 4.74 Å². The first kappa shape index (κ1) is 12.8.